The van der Waals surface area contributed by atoms with E-state index in [0.717, 1.165) is 42.9 Å². The molecular formula is C21H24FNO3S. The van der Waals surface area contributed by atoms with Crippen LogP contribution in [0.3, 0.4) is 0 Å². The number of sulfone groups is 1. The molecule has 1 N–H and O–H groups in total. The van der Waals surface area contributed by atoms with Gasteiger partial charge in [0.05, 0.1) is 16.3 Å². The molecule has 0 aliphatic heterocycles. The molecule has 0 bridgehead atoms. The van der Waals surface area contributed by atoms with E-state index >= 15 is 0 Å². The molecule has 0 saturated heterocycles. The second-order valence-corrected chi connectivity index (χ2v) is 8.97. The lowest BCUT2D eigenvalue weighted by Crippen LogP contribution is -2.19. The highest BCUT2D eigenvalue weighted by molar-refractivity contribution is 7.91. The van der Waals surface area contributed by atoms with Crippen LogP contribution in [0.5, 0.6) is 0 Å². The molecule has 3 rings (SSSR count). The van der Waals surface area contributed by atoms with Crippen molar-refractivity contribution in [3.63, 3.8) is 0 Å². The van der Waals surface area contributed by atoms with E-state index in [9.17, 15) is 17.6 Å². The number of Topliss-reactive ketones (excluding diaryl/α,β-unsaturated/α-hetero) is 1. The number of fused-ring (bicyclic) bond motifs is 1. The number of hydrogen-bond donors (Lipinski definition) is 1. The molecule has 1 atom stereocenters. The van der Waals surface area contributed by atoms with Crippen LogP contribution in [0.4, 0.5) is 4.39 Å². The molecule has 144 valence electrons. The predicted molar refractivity (Wildman–Crippen MR) is 102 cm³/mol. The number of benzene rings is 2. The Kier molecular flexibility index (Phi) is 6.07. The van der Waals surface area contributed by atoms with Gasteiger partial charge in [0, 0.05) is 6.42 Å². The van der Waals surface area contributed by atoms with Crippen molar-refractivity contribution in [2.75, 3.05) is 13.6 Å². The van der Waals surface area contributed by atoms with Crippen molar-refractivity contribution in [3.05, 3.63) is 59.4 Å². The first-order valence-corrected chi connectivity index (χ1v) is 10.7. The number of rotatable bonds is 7. The Hall–Kier alpha value is -2.05. The largest absolute Gasteiger partial charge is 0.313 e. The third-order valence-electron chi connectivity index (χ3n) is 5.12. The molecule has 1 aliphatic carbocycles. The van der Waals surface area contributed by atoms with Gasteiger partial charge in [0.2, 0.25) is 9.84 Å². The minimum absolute atomic E-state index is 0.0347. The van der Waals surface area contributed by atoms with Crippen molar-refractivity contribution in [3.8, 4) is 0 Å². The lowest BCUT2D eigenvalue weighted by molar-refractivity contribution is -0.118. The number of hydrogen-bond acceptors (Lipinski definition) is 4. The van der Waals surface area contributed by atoms with Crippen LogP contribution < -0.4 is 5.32 Å². The molecule has 0 saturated carbocycles. The number of carbonyl (C=O) groups is 1. The van der Waals surface area contributed by atoms with E-state index in [1.165, 1.54) is 18.2 Å². The van der Waals surface area contributed by atoms with Crippen molar-refractivity contribution in [1.29, 1.82) is 0 Å². The van der Waals surface area contributed by atoms with E-state index in [1.54, 1.807) is 19.2 Å². The van der Waals surface area contributed by atoms with E-state index in [2.05, 4.69) is 5.32 Å². The summed E-state index contributed by atoms with van der Waals surface area (Å²) in [5.74, 6) is -0.101. The number of likely N-dealkylation sites (N-methyl/N-ethyl adjacent to an activating group) is 1. The van der Waals surface area contributed by atoms with Crippen LogP contribution in [-0.4, -0.2) is 27.8 Å². The van der Waals surface area contributed by atoms with E-state index < -0.39 is 15.7 Å². The first-order chi connectivity index (χ1) is 12.9. The highest BCUT2D eigenvalue weighted by Gasteiger charge is 2.24. The summed E-state index contributed by atoms with van der Waals surface area (Å²) in [5.41, 5.74) is 2.15. The van der Waals surface area contributed by atoms with E-state index in [0.29, 0.717) is 13.0 Å². The van der Waals surface area contributed by atoms with Gasteiger partial charge in [-0.3, -0.25) is 4.79 Å². The number of aryl methyl sites for hydroxylation is 1. The van der Waals surface area contributed by atoms with Gasteiger partial charge < -0.3 is 5.32 Å². The smallest absolute Gasteiger partial charge is 0.206 e. The summed E-state index contributed by atoms with van der Waals surface area (Å²) in [6.45, 7) is 0.379. The number of ketones is 1. The fourth-order valence-electron chi connectivity index (χ4n) is 3.75. The van der Waals surface area contributed by atoms with Crippen LogP contribution in [0.15, 0.2) is 52.3 Å². The van der Waals surface area contributed by atoms with E-state index in [-0.39, 0.29) is 21.5 Å². The molecule has 6 heteroatoms. The second-order valence-electron chi connectivity index (χ2n) is 7.02. The highest BCUT2D eigenvalue weighted by Crippen LogP contribution is 2.36. The number of nitrogens with one attached hydrogen (secondary N) is 1. The molecule has 27 heavy (non-hydrogen) atoms. The summed E-state index contributed by atoms with van der Waals surface area (Å²) in [6, 6.07) is 10.3. The molecule has 0 heterocycles. The zero-order valence-electron chi connectivity index (χ0n) is 15.4. The molecule has 0 spiro atoms. The highest BCUT2D eigenvalue weighted by atomic mass is 32.2. The quantitative estimate of drug-likeness (QED) is 0.785. The third-order valence-corrected chi connectivity index (χ3v) is 6.86. The summed E-state index contributed by atoms with van der Waals surface area (Å²) in [7, 11) is -1.99. The average Bonchev–Trinajstić information content (AvgIpc) is 2.66. The number of halogens is 1. The number of carbonyl (C=O) groups excluding carboxylic acids is 1. The van der Waals surface area contributed by atoms with Gasteiger partial charge in [0.1, 0.15) is 11.6 Å². The van der Waals surface area contributed by atoms with Gasteiger partial charge in [-0.2, -0.15) is 0 Å². The van der Waals surface area contributed by atoms with Crippen molar-refractivity contribution >= 4 is 15.6 Å². The van der Waals surface area contributed by atoms with Gasteiger partial charge in [-0.25, -0.2) is 12.8 Å². The normalized spacial score (nSPS) is 16.7. The Balaban J connectivity index is 1.85. The Labute approximate surface area is 159 Å². The van der Waals surface area contributed by atoms with Crippen molar-refractivity contribution < 1.29 is 17.6 Å². The van der Waals surface area contributed by atoms with Gasteiger partial charge in [-0.1, -0.05) is 12.1 Å². The van der Waals surface area contributed by atoms with Crippen molar-refractivity contribution in [1.82, 2.24) is 5.32 Å². The van der Waals surface area contributed by atoms with Crippen LogP contribution in [0.25, 0.3) is 0 Å². The standard InChI is InChI=1S/C21H24FNO3S/c1-23-14-18(24)9-8-15-4-2-5-16-12-20(10-11-21(15)16)27(25,26)19-7-3-6-17(22)13-19/h3,6-7,10-13,15,23H,2,4-5,8-9,14H2,1H3/t15-/m0/s1. The molecule has 4 nitrogen and oxygen atoms in total. The van der Waals surface area contributed by atoms with Crippen LogP contribution in [0.2, 0.25) is 0 Å². The maximum Gasteiger partial charge on any atom is 0.206 e. The summed E-state index contributed by atoms with van der Waals surface area (Å²) in [4.78, 5) is 12.0. The average molecular weight is 389 g/mol. The zero-order valence-corrected chi connectivity index (χ0v) is 16.2. The SMILES string of the molecule is CNCC(=O)CC[C@@H]1CCCc2cc(S(=O)(=O)c3cccc(F)c3)ccc21. The van der Waals surface area contributed by atoms with Crippen molar-refractivity contribution in [2.45, 2.75) is 47.8 Å². The summed E-state index contributed by atoms with van der Waals surface area (Å²) >= 11 is 0. The maximum absolute atomic E-state index is 13.4. The first-order valence-electron chi connectivity index (χ1n) is 9.21. The van der Waals surface area contributed by atoms with Gasteiger partial charge in [-0.05, 0) is 80.1 Å². The van der Waals surface area contributed by atoms with Crippen LogP contribution in [0, 0.1) is 5.82 Å². The zero-order chi connectivity index (χ0) is 19.4. The summed E-state index contributed by atoms with van der Waals surface area (Å²) in [6.07, 6.45) is 4.11. The van der Waals surface area contributed by atoms with E-state index in [1.807, 2.05) is 6.07 Å². The first kappa shape index (κ1) is 19.7. The fourth-order valence-corrected chi connectivity index (χ4v) is 5.09. The minimum Gasteiger partial charge on any atom is -0.313 e. The molecule has 0 fully saturated rings. The van der Waals surface area contributed by atoms with Gasteiger partial charge >= 0.3 is 0 Å². The molecule has 2 aromatic rings. The molecule has 2 aromatic carbocycles. The Morgan fingerprint density at radius 2 is 1.96 bits per heavy atom. The van der Waals surface area contributed by atoms with Gasteiger partial charge in [-0.15, -0.1) is 0 Å². The summed E-state index contributed by atoms with van der Waals surface area (Å²) < 4.78 is 39.1. The topological polar surface area (TPSA) is 63.2 Å². The van der Waals surface area contributed by atoms with Crippen LogP contribution in [-0.2, 0) is 21.1 Å². The molecule has 0 radical (unpaired) electrons. The van der Waals surface area contributed by atoms with Gasteiger partial charge in [0.25, 0.3) is 0 Å². The molecule has 0 unspecified atom stereocenters. The predicted octanol–water partition coefficient (Wildman–Crippen LogP) is 3.65. The molecule has 0 aromatic heterocycles. The Morgan fingerprint density at radius 1 is 1.19 bits per heavy atom. The Bertz CT molecular complexity index is 940. The van der Waals surface area contributed by atoms with Crippen LogP contribution in [0.1, 0.15) is 42.7 Å². The maximum atomic E-state index is 13.4. The third kappa shape index (κ3) is 4.45. The molecule has 0 amide bonds. The van der Waals surface area contributed by atoms with Crippen LogP contribution >= 0.6 is 0 Å². The van der Waals surface area contributed by atoms with E-state index in [4.69, 9.17) is 0 Å². The van der Waals surface area contributed by atoms with Gasteiger partial charge in [0.15, 0.2) is 0 Å². The lowest BCUT2D eigenvalue weighted by Gasteiger charge is -2.26. The summed E-state index contributed by atoms with van der Waals surface area (Å²) in [5, 5.41) is 2.88. The molecular weight excluding hydrogens is 365 g/mol. The fraction of sp³-hybridized carbons (Fsp3) is 0.381. The second kappa shape index (κ2) is 8.31. The van der Waals surface area contributed by atoms with Crippen molar-refractivity contribution in [2.24, 2.45) is 0 Å². The minimum atomic E-state index is -3.75. The molecule has 1 aliphatic rings. The Morgan fingerprint density at radius 3 is 2.70 bits per heavy atom. The monoisotopic (exact) mass is 389 g/mol. The lowest BCUT2D eigenvalue weighted by atomic mass is 9.80.